The number of aliphatic hydroxyl groups excluding tert-OH is 1. The van der Waals surface area contributed by atoms with Gasteiger partial charge in [0.25, 0.3) is 0 Å². The van der Waals surface area contributed by atoms with Gasteiger partial charge in [0, 0.05) is 39.5 Å². The van der Waals surface area contributed by atoms with Crippen LogP contribution in [0.5, 0.6) is 0 Å². The largest absolute Gasteiger partial charge is 0.390 e. The number of anilines is 1. The summed E-state index contributed by atoms with van der Waals surface area (Å²) < 4.78 is 1.25. The van der Waals surface area contributed by atoms with Crippen LogP contribution in [0.15, 0.2) is 30.3 Å². The number of rotatable bonds is 2. The molecule has 8 heteroatoms. The van der Waals surface area contributed by atoms with Gasteiger partial charge in [0.1, 0.15) is 0 Å². The highest BCUT2D eigenvalue weighted by Gasteiger charge is 2.19. The van der Waals surface area contributed by atoms with Crippen LogP contribution in [0.1, 0.15) is 17.5 Å². The highest BCUT2D eigenvalue weighted by Crippen LogP contribution is 2.41. The van der Waals surface area contributed by atoms with E-state index in [-0.39, 0.29) is 11.9 Å². The first kappa shape index (κ1) is 17.8. The first-order valence-corrected chi connectivity index (χ1v) is 10.3. The lowest BCUT2D eigenvalue weighted by molar-refractivity contribution is 0.276. The first-order valence-electron chi connectivity index (χ1n) is 9.09. The molecular formula is C20H18ClN5OS. The second-order valence-electron chi connectivity index (χ2n) is 6.94. The number of nitrogens with one attached hydrogen (secondary N) is 2. The fourth-order valence-electron chi connectivity index (χ4n) is 3.58. The molecule has 4 aromatic rings. The molecule has 0 amide bonds. The quantitative estimate of drug-likeness (QED) is 0.433. The summed E-state index contributed by atoms with van der Waals surface area (Å²) in [5, 5.41) is 19.0. The van der Waals surface area contributed by atoms with E-state index in [1.165, 1.54) is 20.7 Å². The summed E-state index contributed by atoms with van der Waals surface area (Å²) in [6.45, 7) is 3.76. The summed E-state index contributed by atoms with van der Waals surface area (Å²) in [6, 6.07) is 10.4. The average Bonchev–Trinajstić information content (AvgIpc) is 2.97. The van der Waals surface area contributed by atoms with Gasteiger partial charge in [-0.05, 0) is 48.9 Å². The molecule has 0 fully saturated rings. The van der Waals surface area contributed by atoms with E-state index in [9.17, 15) is 5.11 Å². The van der Waals surface area contributed by atoms with Gasteiger partial charge in [-0.15, -0.1) is 11.3 Å². The topological polar surface area (TPSA) is 83.0 Å². The van der Waals surface area contributed by atoms with Gasteiger partial charge in [0.15, 0.2) is 0 Å². The number of hydrogen-bond acceptors (Lipinski definition) is 7. The number of aromatic nitrogens is 3. The predicted octanol–water partition coefficient (Wildman–Crippen LogP) is 3.96. The summed E-state index contributed by atoms with van der Waals surface area (Å²) >= 11 is 7.81. The van der Waals surface area contributed by atoms with Crippen LogP contribution >= 0.6 is 22.9 Å². The second kappa shape index (κ2) is 6.93. The number of halogens is 1. The van der Waals surface area contributed by atoms with Crippen LogP contribution in [0, 0.1) is 0 Å². The molecule has 1 aliphatic heterocycles. The molecule has 3 aromatic heterocycles. The Hall–Kier alpha value is -2.32. The van der Waals surface area contributed by atoms with Crippen LogP contribution in [0.4, 0.5) is 5.69 Å². The monoisotopic (exact) mass is 411 g/mol. The molecule has 0 radical (unpaired) electrons. The van der Waals surface area contributed by atoms with Gasteiger partial charge in [-0.2, -0.15) is 0 Å². The Bertz CT molecular complexity index is 1210. The Morgan fingerprint density at radius 1 is 1.18 bits per heavy atom. The van der Waals surface area contributed by atoms with Crippen molar-refractivity contribution in [1.82, 2.24) is 20.3 Å². The molecule has 4 heterocycles. The molecule has 3 N–H and O–H groups in total. The fraction of sp³-hybridized carbons (Fsp3) is 0.250. The maximum absolute atomic E-state index is 9.37. The van der Waals surface area contributed by atoms with Gasteiger partial charge in [0.05, 0.1) is 34.9 Å². The lowest BCUT2D eigenvalue weighted by Crippen LogP contribution is -2.29. The van der Waals surface area contributed by atoms with Gasteiger partial charge < -0.3 is 15.7 Å². The molecule has 0 spiro atoms. The summed E-state index contributed by atoms with van der Waals surface area (Å²) in [5.41, 5.74) is 3.89. The lowest BCUT2D eigenvalue weighted by Gasteiger charge is -2.10. The van der Waals surface area contributed by atoms with Crippen molar-refractivity contribution in [3.8, 4) is 11.4 Å². The van der Waals surface area contributed by atoms with E-state index in [1.807, 2.05) is 23.5 Å². The number of benzene rings is 1. The molecule has 0 aliphatic carbocycles. The van der Waals surface area contributed by atoms with Crippen molar-refractivity contribution >= 4 is 49.6 Å². The Labute approximate surface area is 170 Å². The van der Waals surface area contributed by atoms with E-state index in [1.54, 1.807) is 6.07 Å². The van der Waals surface area contributed by atoms with Crippen LogP contribution in [-0.4, -0.2) is 32.6 Å². The molecule has 0 saturated carbocycles. The number of thiophene rings is 1. The average molecular weight is 412 g/mol. The van der Waals surface area contributed by atoms with Gasteiger partial charge in [-0.25, -0.2) is 15.0 Å². The van der Waals surface area contributed by atoms with E-state index in [4.69, 9.17) is 16.6 Å². The summed E-state index contributed by atoms with van der Waals surface area (Å²) in [7, 11) is 0. The molecule has 1 aromatic carbocycles. The van der Waals surface area contributed by atoms with Crippen LogP contribution in [0.3, 0.4) is 0 Å². The first-order chi connectivity index (χ1) is 13.6. The summed E-state index contributed by atoms with van der Waals surface area (Å²) in [4.78, 5) is 14.4. The van der Waals surface area contributed by atoms with Gasteiger partial charge in [-0.3, -0.25) is 0 Å². The third-order valence-corrected chi connectivity index (χ3v) is 6.29. The number of fused-ring (bicyclic) bond motifs is 5. The maximum atomic E-state index is 9.37. The summed E-state index contributed by atoms with van der Waals surface area (Å²) in [5.74, 6) is 0. The number of hydrogen-bond donors (Lipinski definition) is 3. The standard InChI is InChI=1S/C20H18ClN5OS/c1-10-7-23-19-17(8-22-10)28-16-5-4-13-12(18(16)19)2-3-14(25-13)15-6-11(9-27)24-20(21)26-15/h2-6,10,22-23,27H,7-9H2,1H3/t10-/m1/s1. The molecule has 0 bridgehead atoms. The number of aliphatic hydroxyl groups is 1. The van der Waals surface area contributed by atoms with Gasteiger partial charge in [0.2, 0.25) is 5.28 Å². The van der Waals surface area contributed by atoms with Crippen LogP contribution in [0.2, 0.25) is 5.28 Å². The lowest BCUT2D eigenvalue weighted by atomic mass is 10.1. The Morgan fingerprint density at radius 3 is 2.93 bits per heavy atom. The Morgan fingerprint density at radius 2 is 2.07 bits per heavy atom. The molecular weight excluding hydrogens is 394 g/mol. The second-order valence-corrected chi connectivity index (χ2v) is 8.41. The van der Waals surface area contributed by atoms with Crippen molar-refractivity contribution in [2.45, 2.75) is 26.1 Å². The molecule has 0 unspecified atom stereocenters. The van der Waals surface area contributed by atoms with E-state index in [2.05, 4.69) is 39.7 Å². The zero-order valence-electron chi connectivity index (χ0n) is 15.2. The third-order valence-electron chi connectivity index (χ3n) is 4.97. The molecule has 6 nitrogen and oxygen atoms in total. The predicted molar refractivity (Wildman–Crippen MR) is 114 cm³/mol. The molecule has 0 saturated heterocycles. The highest BCUT2D eigenvalue weighted by molar-refractivity contribution is 7.20. The summed E-state index contributed by atoms with van der Waals surface area (Å²) in [6.07, 6.45) is 0. The Kier molecular flexibility index (Phi) is 4.40. The number of pyridine rings is 1. The molecule has 142 valence electrons. The smallest absolute Gasteiger partial charge is 0.223 e. The SMILES string of the molecule is C[C@@H]1CNc2c(sc3ccc4nc(-c5cc(CO)nc(Cl)n5)ccc4c23)CN1. The van der Waals surface area contributed by atoms with Crippen molar-refractivity contribution in [3.05, 3.63) is 46.2 Å². The van der Waals surface area contributed by atoms with Crippen molar-refractivity contribution in [1.29, 1.82) is 0 Å². The molecule has 5 rings (SSSR count). The number of nitrogens with zero attached hydrogens (tertiary/aromatic N) is 3. The molecule has 1 atom stereocenters. The molecule has 28 heavy (non-hydrogen) atoms. The van der Waals surface area contributed by atoms with Crippen LogP contribution < -0.4 is 10.6 Å². The van der Waals surface area contributed by atoms with E-state index >= 15 is 0 Å². The maximum Gasteiger partial charge on any atom is 0.223 e. The third kappa shape index (κ3) is 3.00. The van der Waals surface area contributed by atoms with Crippen LogP contribution in [-0.2, 0) is 13.2 Å². The zero-order valence-corrected chi connectivity index (χ0v) is 16.7. The van der Waals surface area contributed by atoms with Crippen molar-refractivity contribution in [3.63, 3.8) is 0 Å². The molecule has 1 aliphatic rings. The van der Waals surface area contributed by atoms with E-state index in [0.717, 1.165) is 24.0 Å². The van der Waals surface area contributed by atoms with E-state index in [0.29, 0.717) is 23.1 Å². The fourth-order valence-corrected chi connectivity index (χ4v) is 4.92. The van der Waals surface area contributed by atoms with Gasteiger partial charge in [-0.1, -0.05) is 0 Å². The minimum Gasteiger partial charge on any atom is -0.390 e. The van der Waals surface area contributed by atoms with Crippen molar-refractivity contribution < 1.29 is 5.11 Å². The van der Waals surface area contributed by atoms with E-state index < -0.39 is 0 Å². The highest BCUT2D eigenvalue weighted by atomic mass is 35.5. The van der Waals surface area contributed by atoms with Crippen molar-refractivity contribution in [2.75, 3.05) is 11.9 Å². The van der Waals surface area contributed by atoms with Gasteiger partial charge >= 0.3 is 0 Å². The Balaban J connectivity index is 1.67. The van der Waals surface area contributed by atoms with Crippen LogP contribution in [0.25, 0.3) is 32.4 Å². The minimum atomic E-state index is -0.192. The zero-order chi connectivity index (χ0) is 19.3. The normalized spacial score (nSPS) is 16.8. The minimum absolute atomic E-state index is 0.105. The van der Waals surface area contributed by atoms with Crippen molar-refractivity contribution in [2.24, 2.45) is 0 Å².